The summed E-state index contributed by atoms with van der Waals surface area (Å²) in [4.78, 5) is 4.39. The molecule has 0 bridgehead atoms. The maximum Gasteiger partial charge on any atom is 0.276 e. The van der Waals surface area contributed by atoms with E-state index in [1.807, 2.05) is 13.1 Å². The minimum Gasteiger partial charge on any atom is -0.332 e. The summed E-state index contributed by atoms with van der Waals surface area (Å²) in [6, 6.07) is 10.2. The second kappa shape index (κ2) is 4.68. The first-order valence-electron chi connectivity index (χ1n) is 6.09. The Labute approximate surface area is 110 Å². The lowest BCUT2D eigenvalue weighted by Crippen LogP contribution is -1.94. The Balaban J connectivity index is 1.82. The van der Waals surface area contributed by atoms with E-state index in [-0.39, 0.29) is 0 Å². The van der Waals surface area contributed by atoms with Crippen molar-refractivity contribution in [2.75, 3.05) is 0 Å². The molecule has 0 N–H and O–H groups in total. The smallest absolute Gasteiger partial charge is 0.276 e. The van der Waals surface area contributed by atoms with Gasteiger partial charge in [-0.25, -0.2) is 0 Å². The van der Waals surface area contributed by atoms with E-state index in [1.54, 1.807) is 10.9 Å². The van der Waals surface area contributed by atoms with Gasteiger partial charge in [0, 0.05) is 19.7 Å². The molecule has 3 aromatic rings. The summed E-state index contributed by atoms with van der Waals surface area (Å²) in [6.45, 7) is 2.07. The second-order valence-electron chi connectivity index (χ2n) is 4.52. The Morgan fingerprint density at radius 1 is 1.16 bits per heavy atom. The lowest BCUT2D eigenvalue weighted by atomic mass is 10.1. The molecule has 96 valence electrons. The van der Waals surface area contributed by atoms with Gasteiger partial charge >= 0.3 is 0 Å². The average Bonchev–Trinajstić information content (AvgIpc) is 3.01. The first-order chi connectivity index (χ1) is 9.22. The van der Waals surface area contributed by atoms with Crippen LogP contribution in [0.25, 0.3) is 11.6 Å². The van der Waals surface area contributed by atoms with E-state index in [1.165, 1.54) is 11.1 Å². The van der Waals surface area contributed by atoms with Crippen LogP contribution in [-0.2, 0) is 13.5 Å². The summed E-state index contributed by atoms with van der Waals surface area (Å²) < 4.78 is 6.98. The van der Waals surface area contributed by atoms with Gasteiger partial charge in [0.15, 0.2) is 5.82 Å². The minimum atomic E-state index is 0.502. The lowest BCUT2D eigenvalue weighted by molar-refractivity contribution is 0.420. The SMILES string of the molecule is Cc1ccc(Cc2noc(-c3ccnn3C)n2)cc1. The molecule has 0 radical (unpaired) electrons. The van der Waals surface area contributed by atoms with Crippen molar-refractivity contribution in [3.8, 4) is 11.6 Å². The molecule has 0 aliphatic rings. The maximum atomic E-state index is 5.26. The van der Waals surface area contributed by atoms with E-state index in [0.29, 0.717) is 18.1 Å². The van der Waals surface area contributed by atoms with Gasteiger partial charge in [-0.3, -0.25) is 4.68 Å². The zero-order valence-electron chi connectivity index (χ0n) is 10.9. The molecule has 0 aliphatic heterocycles. The fourth-order valence-corrected chi connectivity index (χ4v) is 1.90. The summed E-state index contributed by atoms with van der Waals surface area (Å²) in [6.07, 6.45) is 2.38. The van der Waals surface area contributed by atoms with Crippen LogP contribution in [0.15, 0.2) is 41.1 Å². The summed E-state index contributed by atoms with van der Waals surface area (Å²) in [7, 11) is 1.85. The van der Waals surface area contributed by atoms with Crippen LogP contribution in [-0.4, -0.2) is 19.9 Å². The van der Waals surface area contributed by atoms with E-state index in [9.17, 15) is 0 Å². The number of aryl methyl sites for hydroxylation is 2. The molecule has 0 fully saturated rings. The van der Waals surface area contributed by atoms with Crippen molar-refractivity contribution in [2.45, 2.75) is 13.3 Å². The van der Waals surface area contributed by atoms with Crippen LogP contribution >= 0.6 is 0 Å². The second-order valence-corrected chi connectivity index (χ2v) is 4.52. The molecule has 0 spiro atoms. The number of hydrogen-bond acceptors (Lipinski definition) is 4. The van der Waals surface area contributed by atoms with Crippen molar-refractivity contribution >= 4 is 0 Å². The number of benzene rings is 1. The molecule has 0 saturated heterocycles. The molecule has 19 heavy (non-hydrogen) atoms. The zero-order chi connectivity index (χ0) is 13.2. The van der Waals surface area contributed by atoms with Crippen molar-refractivity contribution in [1.29, 1.82) is 0 Å². The Morgan fingerprint density at radius 2 is 1.95 bits per heavy atom. The largest absolute Gasteiger partial charge is 0.332 e. The van der Waals surface area contributed by atoms with Crippen LogP contribution in [0.1, 0.15) is 17.0 Å². The van der Waals surface area contributed by atoms with E-state index >= 15 is 0 Å². The highest BCUT2D eigenvalue weighted by Crippen LogP contribution is 2.16. The molecule has 0 aliphatic carbocycles. The summed E-state index contributed by atoms with van der Waals surface area (Å²) in [5, 5.41) is 8.09. The normalized spacial score (nSPS) is 10.8. The van der Waals surface area contributed by atoms with E-state index < -0.39 is 0 Å². The summed E-state index contributed by atoms with van der Waals surface area (Å²) in [5.74, 6) is 1.18. The molecule has 0 unspecified atom stereocenters. The Hall–Kier alpha value is -2.43. The fourth-order valence-electron chi connectivity index (χ4n) is 1.90. The molecule has 0 saturated carbocycles. The van der Waals surface area contributed by atoms with Crippen molar-refractivity contribution in [1.82, 2.24) is 19.9 Å². The third-order valence-electron chi connectivity index (χ3n) is 2.99. The molecular weight excluding hydrogens is 240 g/mol. The van der Waals surface area contributed by atoms with E-state index in [2.05, 4.69) is 46.4 Å². The third kappa shape index (κ3) is 2.40. The fraction of sp³-hybridized carbons (Fsp3) is 0.214. The number of aromatic nitrogens is 4. The van der Waals surface area contributed by atoms with E-state index in [4.69, 9.17) is 4.52 Å². The summed E-state index contributed by atoms with van der Waals surface area (Å²) >= 11 is 0. The van der Waals surface area contributed by atoms with Gasteiger partial charge in [-0.15, -0.1) is 0 Å². The van der Waals surface area contributed by atoms with Gasteiger partial charge < -0.3 is 4.52 Å². The molecule has 5 nitrogen and oxygen atoms in total. The molecule has 2 heterocycles. The maximum absolute atomic E-state index is 5.26. The average molecular weight is 254 g/mol. The lowest BCUT2D eigenvalue weighted by Gasteiger charge is -1.97. The van der Waals surface area contributed by atoms with Crippen molar-refractivity contribution < 1.29 is 4.52 Å². The van der Waals surface area contributed by atoms with Gasteiger partial charge in [0.05, 0.1) is 0 Å². The van der Waals surface area contributed by atoms with Gasteiger partial charge in [0.2, 0.25) is 0 Å². The monoisotopic (exact) mass is 254 g/mol. The van der Waals surface area contributed by atoms with Crippen LogP contribution in [0.5, 0.6) is 0 Å². The first-order valence-corrected chi connectivity index (χ1v) is 6.09. The van der Waals surface area contributed by atoms with Crippen molar-refractivity contribution in [3.05, 3.63) is 53.5 Å². The van der Waals surface area contributed by atoms with Crippen molar-refractivity contribution in [3.63, 3.8) is 0 Å². The molecule has 0 atom stereocenters. The predicted molar refractivity (Wildman–Crippen MR) is 70.5 cm³/mol. The number of nitrogens with zero attached hydrogens (tertiary/aromatic N) is 4. The third-order valence-corrected chi connectivity index (χ3v) is 2.99. The quantitative estimate of drug-likeness (QED) is 0.720. The Kier molecular flexibility index (Phi) is 2.87. The van der Waals surface area contributed by atoms with Crippen LogP contribution in [0.2, 0.25) is 0 Å². The molecule has 3 rings (SSSR count). The summed E-state index contributed by atoms with van der Waals surface area (Å²) in [5.41, 5.74) is 3.23. The van der Waals surface area contributed by atoms with Gasteiger partial charge in [-0.2, -0.15) is 10.1 Å². The standard InChI is InChI=1S/C14H14N4O/c1-10-3-5-11(6-4-10)9-13-16-14(19-17-13)12-7-8-15-18(12)2/h3-8H,9H2,1-2H3. The van der Waals surface area contributed by atoms with Gasteiger partial charge in [-0.05, 0) is 18.6 Å². The van der Waals surface area contributed by atoms with Gasteiger partial charge in [0.25, 0.3) is 5.89 Å². The molecule has 1 aromatic carbocycles. The van der Waals surface area contributed by atoms with Crippen molar-refractivity contribution in [2.24, 2.45) is 7.05 Å². The number of hydrogen-bond donors (Lipinski definition) is 0. The molecule has 5 heteroatoms. The number of rotatable bonds is 3. The molecule has 0 amide bonds. The molecule has 2 aromatic heterocycles. The van der Waals surface area contributed by atoms with Gasteiger partial charge in [-0.1, -0.05) is 35.0 Å². The topological polar surface area (TPSA) is 56.7 Å². The van der Waals surface area contributed by atoms with Crippen LogP contribution in [0.3, 0.4) is 0 Å². The van der Waals surface area contributed by atoms with Gasteiger partial charge in [0.1, 0.15) is 5.69 Å². The van der Waals surface area contributed by atoms with Crippen LogP contribution < -0.4 is 0 Å². The minimum absolute atomic E-state index is 0.502. The Morgan fingerprint density at radius 3 is 2.63 bits per heavy atom. The highest BCUT2D eigenvalue weighted by Gasteiger charge is 2.12. The first kappa shape index (κ1) is 11.6. The Bertz CT molecular complexity index is 682. The highest BCUT2D eigenvalue weighted by atomic mass is 16.5. The van der Waals surface area contributed by atoms with E-state index in [0.717, 1.165) is 5.69 Å². The molecular formula is C14H14N4O. The highest BCUT2D eigenvalue weighted by molar-refractivity contribution is 5.46. The predicted octanol–water partition coefficient (Wildman–Crippen LogP) is 2.37. The van der Waals surface area contributed by atoms with Crippen LogP contribution in [0.4, 0.5) is 0 Å². The van der Waals surface area contributed by atoms with Crippen LogP contribution in [0, 0.1) is 6.92 Å². The zero-order valence-corrected chi connectivity index (χ0v) is 10.9.